The van der Waals surface area contributed by atoms with Gasteiger partial charge in [-0.2, -0.15) is 19.0 Å². The SMILES string of the molecule is N#Cc1c(F)ccc(-c2ccc(F)nc2F)c1F. The molecule has 0 saturated carbocycles. The summed E-state index contributed by atoms with van der Waals surface area (Å²) in [5, 5.41) is 8.58. The molecule has 2 rings (SSSR count). The van der Waals surface area contributed by atoms with Gasteiger partial charge in [0.05, 0.1) is 0 Å². The lowest BCUT2D eigenvalue weighted by Crippen LogP contribution is -1.98. The molecule has 0 aliphatic heterocycles. The van der Waals surface area contributed by atoms with E-state index >= 15 is 0 Å². The van der Waals surface area contributed by atoms with E-state index in [9.17, 15) is 17.6 Å². The molecule has 0 unspecified atom stereocenters. The number of nitriles is 1. The minimum atomic E-state index is -1.23. The summed E-state index contributed by atoms with van der Waals surface area (Å²) in [5.41, 5.74) is -1.51. The Bertz CT molecular complexity index is 662. The summed E-state index contributed by atoms with van der Waals surface area (Å²) in [6.07, 6.45) is 0. The van der Waals surface area contributed by atoms with Crippen LogP contribution in [0.1, 0.15) is 5.56 Å². The first-order valence-electron chi connectivity index (χ1n) is 4.75. The maximum absolute atomic E-state index is 13.7. The van der Waals surface area contributed by atoms with Gasteiger partial charge in [0.15, 0.2) is 5.82 Å². The second kappa shape index (κ2) is 4.45. The molecule has 0 saturated heterocycles. The molecule has 1 heterocycles. The highest BCUT2D eigenvalue weighted by atomic mass is 19.1. The van der Waals surface area contributed by atoms with Gasteiger partial charge in [0.1, 0.15) is 17.4 Å². The zero-order valence-corrected chi connectivity index (χ0v) is 8.72. The van der Waals surface area contributed by atoms with Crippen LogP contribution in [0.15, 0.2) is 24.3 Å². The molecule has 6 heteroatoms. The first kappa shape index (κ1) is 12.0. The second-order valence-corrected chi connectivity index (χ2v) is 3.37. The van der Waals surface area contributed by atoms with Crippen molar-refractivity contribution in [2.75, 3.05) is 0 Å². The van der Waals surface area contributed by atoms with Crippen molar-refractivity contribution in [3.05, 3.63) is 53.4 Å². The van der Waals surface area contributed by atoms with Crippen LogP contribution in [-0.2, 0) is 0 Å². The van der Waals surface area contributed by atoms with Gasteiger partial charge in [-0.3, -0.25) is 0 Å². The average Bonchev–Trinajstić information content (AvgIpc) is 2.31. The van der Waals surface area contributed by atoms with E-state index in [0.717, 1.165) is 24.3 Å². The lowest BCUT2D eigenvalue weighted by atomic mass is 10.0. The van der Waals surface area contributed by atoms with Gasteiger partial charge >= 0.3 is 0 Å². The summed E-state index contributed by atoms with van der Waals surface area (Å²) in [4.78, 5) is 2.89. The Labute approximate surface area is 99.1 Å². The van der Waals surface area contributed by atoms with Crippen LogP contribution < -0.4 is 0 Å². The van der Waals surface area contributed by atoms with Crippen LogP contribution in [0.25, 0.3) is 11.1 Å². The molecule has 1 aromatic heterocycles. The molecule has 0 radical (unpaired) electrons. The number of nitrogens with zero attached hydrogens (tertiary/aromatic N) is 2. The second-order valence-electron chi connectivity index (χ2n) is 3.37. The van der Waals surface area contributed by atoms with Crippen LogP contribution in [0, 0.1) is 34.9 Å². The van der Waals surface area contributed by atoms with E-state index in [1.165, 1.54) is 6.07 Å². The molecule has 0 fully saturated rings. The molecular formula is C12H4F4N2. The van der Waals surface area contributed by atoms with Gasteiger partial charge in [-0.05, 0) is 24.3 Å². The summed E-state index contributed by atoms with van der Waals surface area (Å²) >= 11 is 0. The van der Waals surface area contributed by atoms with Crippen molar-refractivity contribution in [1.82, 2.24) is 4.98 Å². The number of benzene rings is 1. The molecule has 90 valence electrons. The normalized spacial score (nSPS) is 10.2. The average molecular weight is 252 g/mol. The summed E-state index contributed by atoms with van der Waals surface area (Å²) in [5.74, 6) is -4.54. The maximum Gasteiger partial charge on any atom is 0.223 e. The van der Waals surface area contributed by atoms with Gasteiger partial charge in [-0.25, -0.2) is 8.78 Å². The van der Waals surface area contributed by atoms with E-state index in [0.29, 0.717) is 0 Å². The van der Waals surface area contributed by atoms with Crippen molar-refractivity contribution in [3.63, 3.8) is 0 Å². The first-order chi connectivity index (χ1) is 8.54. The zero-order valence-electron chi connectivity index (χ0n) is 8.72. The molecule has 18 heavy (non-hydrogen) atoms. The number of hydrogen-bond acceptors (Lipinski definition) is 2. The van der Waals surface area contributed by atoms with Crippen LogP contribution in [0.2, 0.25) is 0 Å². The molecule has 0 aliphatic rings. The van der Waals surface area contributed by atoms with E-state index in [4.69, 9.17) is 5.26 Å². The van der Waals surface area contributed by atoms with Crippen LogP contribution in [0.3, 0.4) is 0 Å². The third-order valence-corrected chi connectivity index (χ3v) is 2.31. The van der Waals surface area contributed by atoms with Crippen molar-refractivity contribution >= 4 is 0 Å². The van der Waals surface area contributed by atoms with Crippen molar-refractivity contribution in [2.45, 2.75) is 0 Å². The Kier molecular flexibility index (Phi) is 2.98. The number of pyridine rings is 1. The van der Waals surface area contributed by atoms with Gasteiger partial charge in [0, 0.05) is 11.1 Å². The lowest BCUT2D eigenvalue weighted by Gasteiger charge is -2.06. The van der Waals surface area contributed by atoms with Crippen molar-refractivity contribution in [2.24, 2.45) is 0 Å². The first-order valence-corrected chi connectivity index (χ1v) is 4.75. The Hall–Kier alpha value is -2.42. The number of halogens is 4. The van der Waals surface area contributed by atoms with Gasteiger partial charge in [-0.1, -0.05) is 0 Å². The Morgan fingerprint density at radius 1 is 0.944 bits per heavy atom. The van der Waals surface area contributed by atoms with E-state index in [1.54, 1.807) is 0 Å². The van der Waals surface area contributed by atoms with Gasteiger partial charge in [-0.15, -0.1) is 0 Å². The van der Waals surface area contributed by atoms with Crippen molar-refractivity contribution < 1.29 is 17.6 Å². The molecule has 0 bridgehead atoms. The third-order valence-electron chi connectivity index (χ3n) is 2.31. The number of aromatic nitrogens is 1. The highest BCUT2D eigenvalue weighted by Crippen LogP contribution is 2.27. The molecule has 0 spiro atoms. The van der Waals surface area contributed by atoms with Crippen LogP contribution >= 0.6 is 0 Å². The Morgan fingerprint density at radius 3 is 2.22 bits per heavy atom. The predicted octanol–water partition coefficient (Wildman–Crippen LogP) is 3.18. The summed E-state index contributed by atoms with van der Waals surface area (Å²) in [6, 6.07) is 4.94. The van der Waals surface area contributed by atoms with E-state index < -0.39 is 29.1 Å². The van der Waals surface area contributed by atoms with Crippen molar-refractivity contribution in [3.8, 4) is 17.2 Å². The fourth-order valence-corrected chi connectivity index (χ4v) is 1.48. The highest BCUT2D eigenvalue weighted by Gasteiger charge is 2.17. The minimum absolute atomic E-state index is 0.342. The molecule has 1 aromatic carbocycles. The third kappa shape index (κ3) is 1.91. The maximum atomic E-state index is 13.7. The molecule has 0 amide bonds. The molecular weight excluding hydrogens is 248 g/mol. The van der Waals surface area contributed by atoms with Crippen LogP contribution in [0.5, 0.6) is 0 Å². The van der Waals surface area contributed by atoms with E-state index in [2.05, 4.69) is 4.98 Å². The lowest BCUT2D eigenvalue weighted by molar-refractivity contribution is 0.513. The number of hydrogen-bond donors (Lipinski definition) is 0. The van der Waals surface area contributed by atoms with Crippen LogP contribution in [-0.4, -0.2) is 4.98 Å². The fourth-order valence-electron chi connectivity index (χ4n) is 1.48. The molecule has 0 aliphatic carbocycles. The Balaban J connectivity index is 2.69. The monoisotopic (exact) mass is 252 g/mol. The Morgan fingerprint density at radius 2 is 1.61 bits per heavy atom. The predicted molar refractivity (Wildman–Crippen MR) is 54.2 cm³/mol. The van der Waals surface area contributed by atoms with E-state index in [-0.39, 0.29) is 11.1 Å². The summed E-state index contributed by atoms with van der Waals surface area (Å²) < 4.78 is 52.8. The largest absolute Gasteiger partial charge is 0.223 e. The standard InChI is InChI=1S/C12H4F4N2/c13-9-3-1-6(11(15)8(9)5-17)7-2-4-10(14)18-12(7)16/h1-4H. The fraction of sp³-hybridized carbons (Fsp3) is 0. The number of rotatable bonds is 1. The molecule has 2 aromatic rings. The van der Waals surface area contributed by atoms with Gasteiger partial charge < -0.3 is 0 Å². The quantitative estimate of drug-likeness (QED) is 0.577. The highest BCUT2D eigenvalue weighted by molar-refractivity contribution is 5.66. The topological polar surface area (TPSA) is 36.7 Å². The van der Waals surface area contributed by atoms with Crippen LogP contribution in [0.4, 0.5) is 17.6 Å². The molecule has 0 atom stereocenters. The smallest absolute Gasteiger partial charge is 0.205 e. The molecule has 0 N–H and O–H groups in total. The van der Waals surface area contributed by atoms with E-state index in [1.807, 2.05) is 0 Å². The van der Waals surface area contributed by atoms with Gasteiger partial charge in [0.25, 0.3) is 0 Å². The van der Waals surface area contributed by atoms with Crippen molar-refractivity contribution in [1.29, 1.82) is 5.26 Å². The molecule has 2 nitrogen and oxygen atoms in total. The minimum Gasteiger partial charge on any atom is -0.205 e. The summed E-state index contributed by atoms with van der Waals surface area (Å²) in [6.45, 7) is 0. The zero-order chi connectivity index (χ0) is 13.3. The van der Waals surface area contributed by atoms with Gasteiger partial charge in [0.2, 0.25) is 11.9 Å². The summed E-state index contributed by atoms with van der Waals surface area (Å²) in [7, 11) is 0.